The van der Waals surface area contributed by atoms with Crippen LogP contribution in [0.1, 0.15) is 29.9 Å². The molecule has 0 aliphatic rings. The summed E-state index contributed by atoms with van der Waals surface area (Å²) in [7, 11) is 0. The summed E-state index contributed by atoms with van der Waals surface area (Å²) in [5, 5.41) is 12.2. The van der Waals surface area contributed by atoms with E-state index in [0.717, 1.165) is 21.0 Å². The number of nitrogens with zero attached hydrogens (tertiary/aromatic N) is 3. The molecule has 0 spiro atoms. The first kappa shape index (κ1) is 19.6. The van der Waals surface area contributed by atoms with Gasteiger partial charge in [-0.05, 0) is 37.1 Å². The summed E-state index contributed by atoms with van der Waals surface area (Å²) in [5.41, 5.74) is 2.25. The summed E-state index contributed by atoms with van der Waals surface area (Å²) < 4.78 is 3.05. The van der Waals surface area contributed by atoms with E-state index in [1.807, 2.05) is 60.9 Å². The Morgan fingerprint density at radius 3 is 2.56 bits per heavy atom. The zero-order chi connectivity index (χ0) is 19.2. The molecule has 0 aliphatic carbocycles. The SMILES string of the molecule is Cc1nnc(SCC(=O)NC(C)c2ccc(Br)cc2)n1Cc1ccccc1. The first-order valence-electron chi connectivity index (χ1n) is 8.64. The van der Waals surface area contributed by atoms with Crippen molar-refractivity contribution < 1.29 is 4.79 Å². The van der Waals surface area contributed by atoms with E-state index in [-0.39, 0.29) is 11.9 Å². The monoisotopic (exact) mass is 444 g/mol. The van der Waals surface area contributed by atoms with Crippen molar-refractivity contribution in [3.05, 3.63) is 76.0 Å². The predicted molar refractivity (Wildman–Crippen MR) is 112 cm³/mol. The number of carbonyl (C=O) groups is 1. The maximum atomic E-state index is 12.3. The fourth-order valence-corrected chi connectivity index (χ4v) is 3.72. The second-order valence-corrected chi connectivity index (χ2v) is 8.09. The average molecular weight is 445 g/mol. The molecule has 1 amide bonds. The molecule has 7 heteroatoms. The largest absolute Gasteiger partial charge is 0.349 e. The van der Waals surface area contributed by atoms with Crippen LogP contribution in [0.25, 0.3) is 0 Å². The molecule has 5 nitrogen and oxygen atoms in total. The predicted octanol–water partition coefficient (Wildman–Crippen LogP) is 4.37. The first-order valence-corrected chi connectivity index (χ1v) is 10.4. The third-order valence-corrected chi connectivity index (χ3v) is 5.66. The number of aryl methyl sites for hydroxylation is 1. The number of nitrogens with one attached hydrogen (secondary N) is 1. The van der Waals surface area contributed by atoms with E-state index in [9.17, 15) is 4.79 Å². The van der Waals surface area contributed by atoms with Crippen LogP contribution in [0.15, 0.2) is 64.2 Å². The lowest BCUT2D eigenvalue weighted by Gasteiger charge is -2.14. The number of benzene rings is 2. The number of rotatable bonds is 7. The molecular weight excluding hydrogens is 424 g/mol. The fourth-order valence-electron chi connectivity index (χ4n) is 2.66. The molecule has 1 atom stereocenters. The van der Waals surface area contributed by atoms with E-state index in [1.165, 1.54) is 17.3 Å². The lowest BCUT2D eigenvalue weighted by Crippen LogP contribution is -2.28. The summed E-state index contributed by atoms with van der Waals surface area (Å²) in [4.78, 5) is 12.3. The molecule has 0 aliphatic heterocycles. The van der Waals surface area contributed by atoms with Crippen molar-refractivity contribution in [1.29, 1.82) is 0 Å². The Balaban J connectivity index is 1.58. The molecule has 3 rings (SSSR count). The summed E-state index contributed by atoms with van der Waals surface area (Å²) >= 11 is 4.83. The second kappa shape index (κ2) is 9.19. The third-order valence-electron chi connectivity index (χ3n) is 4.17. The maximum Gasteiger partial charge on any atom is 0.230 e. The molecule has 0 bridgehead atoms. The van der Waals surface area contributed by atoms with E-state index in [1.54, 1.807) is 0 Å². The smallest absolute Gasteiger partial charge is 0.230 e. The summed E-state index contributed by atoms with van der Waals surface area (Å²) in [5.74, 6) is 1.11. The zero-order valence-corrected chi connectivity index (χ0v) is 17.6. The molecule has 0 radical (unpaired) electrons. The van der Waals surface area contributed by atoms with Gasteiger partial charge in [-0.3, -0.25) is 4.79 Å². The van der Waals surface area contributed by atoms with Crippen molar-refractivity contribution in [3.8, 4) is 0 Å². The van der Waals surface area contributed by atoms with Gasteiger partial charge in [-0.1, -0.05) is 70.2 Å². The summed E-state index contributed by atoms with van der Waals surface area (Å²) in [6.45, 7) is 4.60. The van der Waals surface area contributed by atoms with Crippen LogP contribution in [0, 0.1) is 6.92 Å². The highest BCUT2D eigenvalue weighted by atomic mass is 79.9. The highest BCUT2D eigenvalue weighted by Crippen LogP contribution is 2.20. The summed E-state index contributed by atoms with van der Waals surface area (Å²) in [6, 6.07) is 18.1. The molecule has 1 aromatic heterocycles. The normalized spacial score (nSPS) is 12.0. The number of amides is 1. The Bertz CT molecular complexity index is 896. The average Bonchev–Trinajstić information content (AvgIpc) is 3.01. The van der Waals surface area contributed by atoms with Gasteiger partial charge in [-0.25, -0.2) is 0 Å². The number of halogens is 1. The van der Waals surface area contributed by atoms with Crippen molar-refractivity contribution in [2.24, 2.45) is 0 Å². The van der Waals surface area contributed by atoms with Crippen LogP contribution in [0.3, 0.4) is 0 Å². The summed E-state index contributed by atoms with van der Waals surface area (Å²) in [6.07, 6.45) is 0. The van der Waals surface area contributed by atoms with Gasteiger partial charge in [0.05, 0.1) is 18.3 Å². The number of thioether (sulfide) groups is 1. The van der Waals surface area contributed by atoms with Gasteiger partial charge in [0, 0.05) is 4.47 Å². The highest BCUT2D eigenvalue weighted by Gasteiger charge is 2.14. The maximum absolute atomic E-state index is 12.3. The Morgan fingerprint density at radius 2 is 1.85 bits per heavy atom. The Labute approximate surface area is 171 Å². The standard InChI is InChI=1S/C20H21BrN4OS/c1-14(17-8-10-18(21)11-9-17)22-19(26)13-27-20-24-23-15(2)25(20)12-16-6-4-3-5-7-16/h3-11,14H,12-13H2,1-2H3,(H,22,26). The van der Waals surface area contributed by atoms with Gasteiger partial charge >= 0.3 is 0 Å². The minimum Gasteiger partial charge on any atom is -0.349 e. The van der Waals surface area contributed by atoms with E-state index in [2.05, 4.69) is 43.6 Å². The number of carbonyl (C=O) groups excluding carboxylic acids is 1. The molecule has 27 heavy (non-hydrogen) atoms. The highest BCUT2D eigenvalue weighted by molar-refractivity contribution is 9.10. The van der Waals surface area contributed by atoms with Gasteiger partial charge < -0.3 is 9.88 Å². The van der Waals surface area contributed by atoms with Gasteiger partial charge in [0.25, 0.3) is 0 Å². The molecular formula is C20H21BrN4OS. The van der Waals surface area contributed by atoms with Crippen LogP contribution in [-0.2, 0) is 11.3 Å². The van der Waals surface area contributed by atoms with Crippen molar-refractivity contribution in [1.82, 2.24) is 20.1 Å². The van der Waals surface area contributed by atoms with Crippen LogP contribution in [-0.4, -0.2) is 26.4 Å². The lowest BCUT2D eigenvalue weighted by atomic mass is 10.1. The molecule has 140 valence electrons. The molecule has 0 saturated heterocycles. The molecule has 1 N–H and O–H groups in total. The quantitative estimate of drug-likeness (QED) is 0.549. The van der Waals surface area contributed by atoms with Crippen LogP contribution < -0.4 is 5.32 Å². The van der Waals surface area contributed by atoms with Crippen molar-refractivity contribution in [3.63, 3.8) is 0 Å². The van der Waals surface area contributed by atoms with E-state index in [4.69, 9.17) is 0 Å². The third kappa shape index (κ3) is 5.43. The van der Waals surface area contributed by atoms with Crippen LogP contribution >= 0.6 is 27.7 Å². The minimum atomic E-state index is -0.0462. The zero-order valence-electron chi connectivity index (χ0n) is 15.2. The number of hydrogen-bond acceptors (Lipinski definition) is 4. The van der Waals surface area contributed by atoms with Gasteiger partial charge in [0.1, 0.15) is 5.82 Å². The van der Waals surface area contributed by atoms with Gasteiger partial charge in [0.2, 0.25) is 5.91 Å². The van der Waals surface area contributed by atoms with Gasteiger partial charge in [0.15, 0.2) is 5.16 Å². The van der Waals surface area contributed by atoms with E-state index in [0.29, 0.717) is 12.3 Å². The minimum absolute atomic E-state index is 0.0256. The molecule has 2 aromatic carbocycles. The Kier molecular flexibility index (Phi) is 6.68. The second-order valence-electron chi connectivity index (χ2n) is 6.23. The fraction of sp³-hybridized carbons (Fsp3) is 0.250. The topological polar surface area (TPSA) is 59.8 Å². The van der Waals surface area contributed by atoms with Crippen LogP contribution in [0.2, 0.25) is 0 Å². The molecule has 0 saturated carbocycles. The van der Waals surface area contributed by atoms with E-state index >= 15 is 0 Å². The Hall–Kier alpha value is -2.12. The first-order chi connectivity index (χ1) is 13.0. The number of hydrogen-bond donors (Lipinski definition) is 1. The van der Waals surface area contributed by atoms with Crippen molar-refractivity contribution in [2.75, 3.05) is 5.75 Å². The van der Waals surface area contributed by atoms with Crippen molar-refractivity contribution >= 4 is 33.6 Å². The molecule has 3 aromatic rings. The molecule has 1 heterocycles. The van der Waals surface area contributed by atoms with Crippen LogP contribution in [0.5, 0.6) is 0 Å². The van der Waals surface area contributed by atoms with E-state index < -0.39 is 0 Å². The molecule has 0 fully saturated rings. The van der Waals surface area contributed by atoms with Crippen molar-refractivity contribution in [2.45, 2.75) is 31.6 Å². The van der Waals surface area contributed by atoms with Gasteiger partial charge in [-0.2, -0.15) is 0 Å². The van der Waals surface area contributed by atoms with Gasteiger partial charge in [-0.15, -0.1) is 10.2 Å². The lowest BCUT2D eigenvalue weighted by molar-refractivity contribution is -0.119. The van der Waals surface area contributed by atoms with Crippen LogP contribution in [0.4, 0.5) is 0 Å². The Morgan fingerprint density at radius 1 is 1.15 bits per heavy atom. The number of aromatic nitrogens is 3. The molecule has 1 unspecified atom stereocenters.